The number of hydrogen-bond acceptors (Lipinski definition) is 3. The van der Waals surface area contributed by atoms with Crippen LogP contribution < -0.4 is 4.74 Å². The van der Waals surface area contributed by atoms with Gasteiger partial charge < -0.3 is 9.47 Å². The van der Waals surface area contributed by atoms with Gasteiger partial charge in [0.2, 0.25) is 0 Å². The quantitative estimate of drug-likeness (QED) is 0.160. The number of carbonyl (C=O) groups is 1. The Balaban J connectivity index is 1.63. The third-order valence-corrected chi connectivity index (χ3v) is 5.88. The molecule has 0 aliphatic heterocycles. The highest BCUT2D eigenvalue weighted by atomic mass is 16.5. The molecule has 0 spiro atoms. The van der Waals surface area contributed by atoms with Gasteiger partial charge in [-0.3, -0.25) is 0 Å². The van der Waals surface area contributed by atoms with Crippen molar-refractivity contribution >= 4 is 5.97 Å². The first kappa shape index (κ1) is 24.7. The van der Waals surface area contributed by atoms with E-state index in [1.165, 1.54) is 24.8 Å². The van der Waals surface area contributed by atoms with E-state index in [4.69, 9.17) is 9.47 Å². The van der Waals surface area contributed by atoms with E-state index in [1.807, 2.05) is 42.5 Å². The van der Waals surface area contributed by atoms with E-state index in [0.717, 1.165) is 42.6 Å². The van der Waals surface area contributed by atoms with Crippen LogP contribution in [0.15, 0.2) is 72.8 Å². The van der Waals surface area contributed by atoms with Gasteiger partial charge >= 0.3 is 5.97 Å². The smallest absolute Gasteiger partial charge is 0.343 e. The summed E-state index contributed by atoms with van der Waals surface area (Å²) in [4.78, 5) is 12.8. The Kier molecular flexibility index (Phi) is 9.71. The molecule has 3 nitrogen and oxygen atoms in total. The van der Waals surface area contributed by atoms with E-state index in [2.05, 4.69) is 51.1 Å². The number of esters is 1. The first-order valence-electron chi connectivity index (χ1n) is 12.2. The molecule has 3 aromatic carbocycles. The zero-order valence-electron chi connectivity index (χ0n) is 20.2. The van der Waals surface area contributed by atoms with Crippen molar-refractivity contribution in [3.8, 4) is 16.9 Å². The van der Waals surface area contributed by atoms with Gasteiger partial charge in [0.05, 0.1) is 11.7 Å². The molecule has 0 N–H and O–H groups in total. The monoisotopic (exact) mass is 444 g/mol. The Morgan fingerprint density at radius 2 is 1.45 bits per heavy atom. The lowest BCUT2D eigenvalue weighted by atomic mass is 10.0. The molecule has 3 heteroatoms. The Morgan fingerprint density at radius 3 is 2.12 bits per heavy atom. The summed E-state index contributed by atoms with van der Waals surface area (Å²) in [6, 6.07) is 23.9. The number of aryl methyl sites for hydroxylation is 1. The fourth-order valence-corrected chi connectivity index (χ4v) is 3.85. The van der Waals surface area contributed by atoms with E-state index >= 15 is 0 Å². The standard InChI is InChI=1S/C30H36O3/c1-4-6-7-8-11-27-12-9-10-13-29(27)33-30(31)28-20-18-26(19-21-28)25-16-14-24(15-17-25)23(3)32-22-5-2/h9-10,12-21,23H,4-8,11,22H2,1-3H3. The van der Waals surface area contributed by atoms with Crippen LogP contribution in [-0.2, 0) is 11.2 Å². The summed E-state index contributed by atoms with van der Waals surface area (Å²) in [6.45, 7) is 7.17. The summed E-state index contributed by atoms with van der Waals surface area (Å²) < 4.78 is 11.6. The summed E-state index contributed by atoms with van der Waals surface area (Å²) in [5.41, 5.74) is 4.99. The van der Waals surface area contributed by atoms with Crippen molar-refractivity contribution in [3.05, 3.63) is 89.5 Å². The highest BCUT2D eigenvalue weighted by molar-refractivity contribution is 5.91. The number of benzene rings is 3. The van der Waals surface area contributed by atoms with Crippen molar-refractivity contribution in [2.75, 3.05) is 6.61 Å². The van der Waals surface area contributed by atoms with Crippen LogP contribution in [0.2, 0.25) is 0 Å². The molecule has 1 atom stereocenters. The fourth-order valence-electron chi connectivity index (χ4n) is 3.85. The van der Waals surface area contributed by atoms with Crippen LogP contribution in [0, 0.1) is 0 Å². The van der Waals surface area contributed by atoms with Gasteiger partial charge in [-0.1, -0.05) is 87.7 Å². The summed E-state index contributed by atoms with van der Waals surface area (Å²) >= 11 is 0. The molecule has 1 unspecified atom stereocenters. The maximum absolute atomic E-state index is 12.8. The molecule has 0 bridgehead atoms. The first-order chi connectivity index (χ1) is 16.1. The zero-order valence-corrected chi connectivity index (χ0v) is 20.2. The number of rotatable bonds is 12. The van der Waals surface area contributed by atoms with Gasteiger partial charge in [-0.25, -0.2) is 4.79 Å². The van der Waals surface area contributed by atoms with Crippen LogP contribution in [-0.4, -0.2) is 12.6 Å². The van der Waals surface area contributed by atoms with Crippen molar-refractivity contribution in [3.63, 3.8) is 0 Å². The summed E-state index contributed by atoms with van der Waals surface area (Å²) in [5, 5.41) is 0. The van der Waals surface area contributed by atoms with Crippen molar-refractivity contribution < 1.29 is 14.3 Å². The number of para-hydroxylation sites is 1. The molecular weight excluding hydrogens is 408 g/mol. The fraction of sp³-hybridized carbons (Fsp3) is 0.367. The van der Waals surface area contributed by atoms with Crippen LogP contribution in [0.4, 0.5) is 0 Å². The molecule has 33 heavy (non-hydrogen) atoms. The van der Waals surface area contributed by atoms with Gasteiger partial charge in [-0.05, 0) is 66.6 Å². The van der Waals surface area contributed by atoms with Crippen LogP contribution in [0.3, 0.4) is 0 Å². The van der Waals surface area contributed by atoms with Crippen LogP contribution in [0.25, 0.3) is 11.1 Å². The van der Waals surface area contributed by atoms with E-state index in [9.17, 15) is 4.79 Å². The average molecular weight is 445 g/mol. The minimum Gasteiger partial charge on any atom is -0.423 e. The van der Waals surface area contributed by atoms with E-state index in [0.29, 0.717) is 11.3 Å². The SMILES string of the molecule is CCCCCCc1ccccc1OC(=O)c1ccc(-c2ccc(C(C)OCCC)cc2)cc1. The van der Waals surface area contributed by atoms with Gasteiger partial charge in [0.15, 0.2) is 0 Å². The maximum Gasteiger partial charge on any atom is 0.343 e. The molecule has 0 heterocycles. The normalized spacial score (nSPS) is 11.8. The molecule has 3 aromatic rings. The minimum atomic E-state index is -0.320. The summed E-state index contributed by atoms with van der Waals surface area (Å²) in [7, 11) is 0. The maximum atomic E-state index is 12.8. The van der Waals surface area contributed by atoms with E-state index in [1.54, 1.807) is 0 Å². The van der Waals surface area contributed by atoms with Gasteiger partial charge in [-0.15, -0.1) is 0 Å². The van der Waals surface area contributed by atoms with Crippen molar-refractivity contribution in [1.29, 1.82) is 0 Å². The third kappa shape index (κ3) is 7.30. The second kappa shape index (κ2) is 13.0. The van der Waals surface area contributed by atoms with Crippen LogP contribution in [0.1, 0.15) is 80.5 Å². The summed E-state index contributed by atoms with van der Waals surface area (Å²) in [5.74, 6) is 0.345. The lowest BCUT2D eigenvalue weighted by Crippen LogP contribution is -2.09. The molecule has 0 aromatic heterocycles. The Morgan fingerprint density at radius 1 is 0.788 bits per heavy atom. The van der Waals surface area contributed by atoms with Crippen molar-refractivity contribution in [2.24, 2.45) is 0 Å². The molecule has 0 amide bonds. The van der Waals surface area contributed by atoms with Crippen LogP contribution >= 0.6 is 0 Å². The molecule has 174 valence electrons. The lowest BCUT2D eigenvalue weighted by Gasteiger charge is -2.13. The predicted molar refractivity (Wildman–Crippen MR) is 136 cm³/mol. The van der Waals surface area contributed by atoms with E-state index in [-0.39, 0.29) is 12.1 Å². The lowest BCUT2D eigenvalue weighted by molar-refractivity contribution is 0.0662. The zero-order chi connectivity index (χ0) is 23.5. The van der Waals surface area contributed by atoms with Crippen LogP contribution in [0.5, 0.6) is 5.75 Å². The number of unbranched alkanes of at least 4 members (excludes halogenated alkanes) is 3. The van der Waals surface area contributed by atoms with Gasteiger partial charge in [0.1, 0.15) is 5.75 Å². The first-order valence-corrected chi connectivity index (χ1v) is 12.2. The number of carbonyl (C=O) groups excluding carboxylic acids is 1. The van der Waals surface area contributed by atoms with Gasteiger partial charge in [0, 0.05) is 6.61 Å². The summed E-state index contributed by atoms with van der Waals surface area (Å²) in [6.07, 6.45) is 6.80. The molecule has 0 saturated carbocycles. The number of ether oxygens (including phenoxy) is 2. The highest BCUT2D eigenvalue weighted by Gasteiger charge is 2.12. The Hall–Kier alpha value is -2.91. The van der Waals surface area contributed by atoms with E-state index < -0.39 is 0 Å². The Bertz CT molecular complexity index is 990. The second-order valence-electron chi connectivity index (χ2n) is 8.52. The van der Waals surface area contributed by atoms with Gasteiger partial charge in [-0.2, -0.15) is 0 Å². The van der Waals surface area contributed by atoms with Crippen molar-refractivity contribution in [1.82, 2.24) is 0 Å². The minimum absolute atomic E-state index is 0.0886. The molecular formula is C30H36O3. The topological polar surface area (TPSA) is 35.5 Å². The average Bonchev–Trinajstić information content (AvgIpc) is 2.86. The number of hydrogen-bond donors (Lipinski definition) is 0. The Labute approximate surface area is 198 Å². The highest BCUT2D eigenvalue weighted by Crippen LogP contribution is 2.25. The largest absolute Gasteiger partial charge is 0.423 e. The second-order valence-corrected chi connectivity index (χ2v) is 8.52. The third-order valence-electron chi connectivity index (χ3n) is 5.88. The van der Waals surface area contributed by atoms with Gasteiger partial charge in [0.25, 0.3) is 0 Å². The molecule has 0 aliphatic rings. The predicted octanol–water partition coefficient (Wildman–Crippen LogP) is 8.18. The molecule has 0 radical (unpaired) electrons. The molecule has 0 saturated heterocycles. The van der Waals surface area contributed by atoms with Crippen molar-refractivity contribution in [2.45, 2.75) is 65.4 Å². The molecule has 0 aliphatic carbocycles. The molecule has 3 rings (SSSR count). The molecule has 0 fully saturated rings.